The second kappa shape index (κ2) is 5.26. The summed E-state index contributed by atoms with van der Waals surface area (Å²) < 4.78 is 13.7. The first kappa shape index (κ1) is 10.6. The highest BCUT2D eigenvalue weighted by Gasteiger charge is 1.97. The Kier molecular flexibility index (Phi) is 3.50. The van der Waals surface area contributed by atoms with Gasteiger partial charge in [0.25, 0.3) is 0 Å². The third-order valence-corrected chi connectivity index (χ3v) is 2.41. The fraction of sp³-hybridized carbons (Fsp3) is 0.0667. The van der Waals surface area contributed by atoms with Crippen LogP contribution >= 0.6 is 0 Å². The molecule has 0 aromatic heterocycles. The van der Waals surface area contributed by atoms with Crippen LogP contribution in [0.2, 0.25) is 0 Å². The van der Waals surface area contributed by atoms with E-state index in [2.05, 4.69) is 0 Å². The van der Waals surface area contributed by atoms with Crippen molar-refractivity contribution in [2.24, 2.45) is 0 Å². The van der Waals surface area contributed by atoms with Gasteiger partial charge in [0.05, 0.1) is 0 Å². The molecule has 0 spiro atoms. The quantitative estimate of drug-likeness (QED) is 0.713. The molecule has 0 fully saturated rings. The Balaban J connectivity index is 2.09. The van der Waals surface area contributed by atoms with Crippen molar-refractivity contribution >= 4 is 5.83 Å². The predicted molar refractivity (Wildman–Crippen MR) is 65.7 cm³/mol. The number of hydrogen-bond donors (Lipinski definition) is 0. The summed E-state index contributed by atoms with van der Waals surface area (Å²) in [5, 5.41) is 0. The molecule has 0 aliphatic heterocycles. The first-order valence-electron chi connectivity index (χ1n) is 5.31. The van der Waals surface area contributed by atoms with Crippen molar-refractivity contribution in [3.63, 3.8) is 0 Å². The third kappa shape index (κ3) is 2.80. The first-order chi connectivity index (χ1) is 7.86. The summed E-state index contributed by atoms with van der Waals surface area (Å²) in [5.74, 6) is -0.163. The lowest BCUT2D eigenvalue weighted by Gasteiger charge is -1.98. The lowest BCUT2D eigenvalue weighted by Crippen LogP contribution is -1.82. The van der Waals surface area contributed by atoms with Crippen LogP contribution in [0, 0.1) is 0 Å². The van der Waals surface area contributed by atoms with Crippen LogP contribution in [0.15, 0.2) is 66.7 Å². The molecule has 2 aromatic carbocycles. The molecule has 2 aromatic rings. The molecule has 0 radical (unpaired) electrons. The highest BCUT2D eigenvalue weighted by atomic mass is 19.1. The average molecular weight is 212 g/mol. The van der Waals surface area contributed by atoms with Gasteiger partial charge in [-0.3, -0.25) is 0 Å². The zero-order chi connectivity index (χ0) is 11.2. The van der Waals surface area contributed by atoms with Gasteiger partial charge in [-0.2, -0.15) is 0 Å². The second-order valence-corrected chi connectivity index (χ2v) is 3.61. The van der Waals surface area contributed by atoms with Crippen molar-refractivity contribution in [2.45, 2.75) is 6.42 Å². The van der Waals surface area contributed by atoms with Crippen LogP contribution in [0.5, 0.6) is 0 Å². The van der Waals surface area contributed by atoms with Crippen LogP contribution in [0.3, 0.4) is 0 Å². The minimum absolute atomic E-state index is 0.163. The van der Waals surface area contributed by atoms with E-state index >= 15 is 0 Å². The Morgan fingerprint density at radius 2 is 1.44 bits per heavy atom. The molecule has 0 bridgehead atoms. The Bertz CT molecular complexity index is 457. The summed E-state index contributed by atoms with van der Waals surface area (Å²) in [6.07, 6.45) is 2.24. The monoisotopic (exact) mass is 212 g/mol. The van der Waals surface area contributed by atoms with Gasteiger partial charge >= 0.3 is 0 Å². The van der Waals surface area contributed by atoms with Crippen LogP contribution in [-0.4, -0.2) is 0 Å². The Labute approximate surface area is 95.1 Å². The summed E-state index contributed by atoms with van der Waals surface area (Å²) >= 11 is 0. The lowest BCUT2D eigenvalue weighted by molar-refractivity contribution is 0.756. The van der Waals surface area contributed by atoms with Gasteiger partial charge in [0, 0.05) is 5.56 Å². The Hall–Kier alpha value is -1.89. The highest BCUT2D eigenvalue weighted by molar-refractivity contribution is 5.58. The molecule has 0 saturated heterocycles. The summed E-state index contributed by atoms with van der Waals surface area (Å²) in [6.45, 7) is 0. The topological polar surface area (TPSA) is 0 Å². The molecule has 16 heavy (non-hydrogen) atoms. The van der Waals surface area contributed by atoms with Crippen molar-refractivity contribution in [2.75, 3.05) is 0 Å². The van der Waals surface area contributed by atoms with E-state index in [-0.39, 0.29) is 5.83 Å². The molecular formula is C15H13F. The number of allylic oxidation sites excluding steroid dienone is 1. The standard InChI is InChI=1S/C15H13F/c16-15(14-9-5-2-6-10-14)12-11-13-7-3-1-4-8-13/h1-10,12H,11H2. The van der Waals surface area contributed by atoms with Gasteiger partial charge in [-0.05, 0) is 18.1 Å². The van der Waals surface area contributed by atoms with Crippen LogP contribution in [0.1, 0.15) is 11.1 Å². The molecule has 2 rings (SSSR count). The third-order valence-electron chi connectivity index (χ3n) is 2.41. The molecule has 0 amide bonds. The van der Waals surface area contributed by atoms with Crippen LogP contribution < -0.4 is 0 Å². The molecule has 0 aliphatic carbocycles. The molecule has 80 valence electrons. The fourth-order valence-corrected chi connectivity index (χ4v) is 1.54. The van der Waals surface area contributed by atoms with E-state index in [1.165, 1.54) is 0 Å². The first-order valence-corrected chi connectivity index (χ1v) is 5.31. The van der Waals surface area contributed by atoms with E-state index in [1.807, 2.05) is 48.5 Å². The van der Waals surface area contributed by atoms with E-state index in [4.69, 9.17) is 0 Å². The normalized spacial score (nSPS) is 11.4. The van der Waals surface area contributed by atoms with Gasteiger partial charge in [0.1, 0.15) is 5.83 Å². The summed E-state index contributed by atoms with van der Waals surface area (Å²) in [5.41, 5.74) is 1.76. The number of rotatable bonds is 3. The van der Waals surface area contributed by atoms with E-state index < -0.39 is 0 Å². The van der Waals surface area contributed by atoms with Crippen molar-refractivity contribution in [3.8, 4) is 0 Å². The zero-order valence-electron chi connectivity index (χ0n) is 8.94. The van der Waals surface area contributed by atoms with E-state index in [1.54, 1.807) is 18.2 Å². The number of hydrogen-bond acceptors (Lipinski definition) is 0. The van der Waals surface area contributed by atoms with Crippen LogP contribution in [0.4, 0.5) is 4.39 Å². The maximum absolute atomic E-state index is 13.7. The van der Waals surface area contributed by atoms with Crippen molar-refractivity contribution in [1.82, 2.24) is 0 Å². The van der Waals surface area contributed by atoms with E-state index in [0.717, 1.165) is 5.56 Å². The van der Waals surface area contributed by atoms with Gasteiger partial charge < -0.3 is 0 Å². The molecule has 0 heterocycles. The van der Waals surface area contributed by atoms with E-state index in [0.29, 0.717) is 12.0 Å². The molecule has 0 N–H and O–H groups in total. The number of benzene rings is 2. The maximum Gasteiger partial charge on any atom is 0.126 e. The average Bonchev–Trinajstić information content (AvgIpc) is 2.38. The molecule has 0 nitrogen and oxygen atoms in total. The smallest absolute Gasteiger partial charge is 0.126 e. The fourth-order valence-electron chi connectivity index (χ4n) is 1.54. The number of halogens is 1. The maximum atomic E-state index is 13.7. The summed E-state index contributed by atoms with van der Waals surface area (Å²) in [7, 11) is 0. The largest absolute Gasteiger partial charge is 0.207 e. The van der Waals surface area contributed by atoms with Crippen LogP contribution in [-0.2, 0) is 6.42 Å². The second-order valence-electron chi connectivity index (χ2n) is 3.61. The molecule has 0 saturated carbocycles. The molecule has 0 atom stereocenters. The highest BCUT2D eigenvalue weighted by Crippen LogP contribution is 2.16. The molecule has 1 heteroatoms. The molecule has 0 aliphatic rings. The molecular weight excluding hydrogens is 199 g/mol. The summed E-state index contributed by atoms with van der Waals surface area (Å²) in [6, 6.07) is 19.0. The van der Waals surface area contributed by atoms with E-state index in [9.17, 15) is 4.39 Å². The van der Waals surface area contributed by atoms with Gasteiger partial charge in [-0.1, -0.05) is 60.7 Å². The van der Waals surface area contributed by atoms with Gasteiger partial charge in [-0.15, -0.1) is 0 Å². The minimum atomic E-state index is -0.163. The molecule has 0 unspecified atom stereocenters. The van der Waals surface area contributed by atoms with Crippen LogP contribution in [0.25, 0.3) is 5.83 Å². The van der Waals surface area contributed by atoms with Crippen molar-refractivity contribution < 1.29 is 4.39 Å². The predicted octanol–water partition coefficient (Wildman–Crippen LogP) is 4.24. The van der Waals surface area contributed by atoms with Crippen molar-refractivity contribution in [1.29, 1.82) is 0 Å². The van der Waals surface area contributed by atoms with Gasteiger partial charge in [0.2, 0.25) is 0 Å². The summed E-state index contributed by atoms with van der Waals surface area (Å²) in [4.78, 5) is 0. The minimum Gasteiger partial charge on any atom is -0.207 e. The Morgan fingerprint density at radius 1 is 0.875 bits per heavy atom. The van der Waals surface area contributed by atoms with Gasteiger partial charge in [-0.25, -0.2) is 4.39 Å². The lowest BCUT2D eigenvalue weighted by atomic mass is 10.1. The SMILES string of the molecule is FC(=CCc1ccccc1)c1ccccc1. The zero-order valence-corrected chi connectivity index (χ0v) is 8.94. The van der Waals surface area contributed by atoms with Gasteiger partial charge in [0.15, 0.2) is 0 Å². The van der Waals surface area contributed by atoms with Crippen molar-refractivity contribution in [3.05, 3.63) is 77.9 Å². The Morgan fingerprint density at radius 3 is 2.06 bits per heavy atom.